The Kier molecular flexibility index (Phi) is 9.52. The number of fused-ring (bicyclic) bond motifs is 2. The first-order valence-corrected chi connectivity index (χ1v) is 8.84. The molecule has 0 atom stereocenters. The van der Waals surface area contributed by atoms with E-state index in [2.05, 4.69) is 4.98 Å². The molecule has 0 fully saturated rings. The molecule has 0 N–H and O–H groups in total. The lowest BCUT2D eigenvalue weighted by atomic mass is 10.3. The first-order chi connectivity index (χ1) is 14.1. The van der Waals surface area contributed by atoms with E-state index in [1.807, 2.05) is 0 Å². The number of nitrogens with zero attached hydrogens (tertiary/aromatic N) is 1. The summed E-state index contributed by atoms with van der Waals surface area (Å²) in [5.74, 6) is -2.94. The van der Waals surface area contributed by atoms with Crippen molar-refractivity contribution >= 4 is 23.9 Å². The number of aromatic nitrogens is 1. The highest BCUT2D eigenvalue weighted by Gasteiger charge is 2.15. The SMILES string of the molecule is O=C1CC(=O)OCCOCCOC(=O)c2cccc(n2)C(=O)OCCOCCO1. The molecule has 0 saturated heterocycles. The van der Waals surface area contributed by atoms with Crippen molar-refractivity contribution in [3.05, 3.63) is 29.6 Å². The van der Waals surface area contributed by atoms with E-state index in [0.29, 0.717) is 0 Å². The van der Waals surface area contributed by atoms with Gasteiger partial charge in [-0.05, 0) is 12.1 Å². The van der Waals surface area contributed by atoms with E-state index >= 15 is 0 Å². The molecular formula is C18H21NO10. The summed E-state index contributed by atoms with van der Waals surface area (Å²) in [6.45, 7) is 0.000993. The molecule has 0 radical (unpaired) electrons. The average Bonchev–Trinajstić information content (AvgIpc) is 2.71. The van der Waals surface area contributed by atoms with Gasteiger partial charge in [-0.1, -0.05) is 6.07 Å². The highest BCUT2D eigenvalue weighted by Crippen LogP contribution is 2.04. The molecule has 29 heavy (non-hydrogen) atoms. The topological polar surface area (TPSA) is 137 Å². The van der Waals surface area contributed by atoms with Gasteiger partial charge in [-0.25, -0.2) is 14.6 Å². The molecule has 0 saturated carbocycles. The molecule has 0 amide bonds. The van der Waals surface area contributed by atoms with Gasteiger partial charge in [0, 0.05) is 0 Å². The van der Waals surface area contributed by atoms with E-state index in [1.165, 1.54) is 18.2 Å². The Morgan fingerprint density at radius 2 is 1.00 bits per heavy atom. The van der Waals surface area contributed by atoms with Crippen molar-refractivity contribution in [3.63, 3.8) is 0 Å². The molecule has 2 rings (SSSR count). The summed E-state index contributed by atoms with van der Waals surface area (Å²) < 4.78 is 30.0. The van der Waals surface area contributed by atoms with Crippen molar-refractivity contribution in [2.75, 3.05) is 52.9 Å². The van der Waals surface area contributed by atoms with E-state index < -0.39 is 30.3 Å². The maximum Gasteiger partial charge on any atom is 0.357 e. The Bertz CT molecular complexity index is 665. The van der Waals surface area contributed by atoms with Crippen LogP contribution in [0.3, 0.4) is 0 Å². The number of hydrogen-bond acceptors (Lipinski definition) is 11. The monoisotopic (exact) mass is 411 g/mol. The number of hydrogen-bond donors (Lipinski definition) is 0. The molecule has 2 heterocycles. The summed E-state index contributed by atoms with van der Waals surface area (Å²) in [7, 11) is 0. The van der Waals surface area contributed by atoms with Crippen molar-refractivity contribution in [2.24, 2.45) is 0 Å². The number of ether oxygens (including phenoxy) is 6. The number of pyridine rings is 1. The summed E-state index contributed by atoms with van der Waals surface area (Å²) >= 11 is 0. The molecule has 158 valence electrons. The Morgan fingerprint density at radius 1 is 0.586 bits per heavy atom. The van der Waals surface area contributed by atoms with Crippen molar-refractivity contribution in [1.29, 1.82) is 0 Å². The average molecular weight is 411 g/mol. The number of esters is 4. The summed E-state index contributed by atoms with van der Waals surface area (Å²) in [5.41, 5.74) is -0.0952. The quantitative estimate of drug-likeness (QED) is 0.322. The van der Waals surface area contributed by atoms with Crippen LogP contribution in [-0.2, 0) is 38.0 Å². The van der Waals surface area contributed by atoms with Gasteiger partial charge in [-0.3, -0.25) is 9.59 Å². The molecule has 11 heteroatoms. The summed E-state index contributed by atoms with van der Waals surface area (Å²) in [6, 6.07) is 4.29. The highest BCUT2D eigenvalue weighted by molar-refractivity contribution is 5.92. The second kappa shape index (κ2) is 12.4. The predicted molar refractivity (Wildman–Crippen MR) is 93.0 cm³/mol. The minimum absolute atomic E-state index is 0.0476. The second-order valence-electron chi connectivity index (χ2n) is 5.52. The minimum Gasteiger partial charge on any atom is -0.463 e. The van der Waals surface area contributed by atoms with E-state index in [1.54, 1.807) is 0 Å². The number of carbonyl (C=O) groups is 4. The van der Waals surface area contributed by atoms with Gasteiger partial charge in [0.05, 0.1) is 26.4 Å². The second-order valence-corrected chi connectivity index (χ2v) is 5.52. The van der Waals surface area contributed by atoms with Gasteiger partial charge in [0.15, 0.2) is 0 Å². The zero-order valence-electron chi connectivity index (χ0n) is 15.6. The largest absolute Gasteiger partial charge is 0.463 e. The van der Waals surface area contributed by atoms with Gasteiger partial charge < -0.3 is 28.4 Å². The van der Waals surface area contributed by atoms with Crippen LogP contribution in [0.4, 0.5) is 0 Å². The maximum absolute atomic E-state index is 12.0. The first kappa shape index (κ1) is 22.2. The molecule has 0 unspecified atom stereocenters. The third-order valence-electron chi connectivity index (χ3n) is 3.36. The Balaban J connectivity index is 1.90. The summed E-state index contributed by atoms with van der Waals surface area (Å²) in [5, 5.41) is 0. The van der Waals surface area contributed by atoms with Gasteiger partial charge in [-0.2, -0.15) is 0 Å². The molecule has 1 aromatic heterocycles. The molecular weight excluding hydrogens is 390 g/mol. The van der Waals surface area contributed by atoms with Crippen LogP contribution < -0.4 is 0 Å². The maximum atomic E-state index is 12.0. The van der Waals surface area contributed by atoms with E-state index in [-0.39, 0.29) is 64.2 Å². The van der Waals surface area contributed by atoms with Gasteiger partial charge in [0.2, 0.25) is 0 Å². The van der Waals surface area contributed by atoms with E-state index in [9.17, 15) is 19.2 Å². The molecule has 1 aliphatic rings. The van der Waals surface area contributed by atoms with Crippen LogP contribution in [0.5, 0.6) is 0 Å². The predicted octanol–water partition coefficient (Wildman–Crippen LogP) is -0.0815. The van der Waals surface area contributed by atoms with Crippen LogP contribution in [0.25, 0.3) is 0 Å². The molecule has 11 nitrogen and oxygen atoms in total. The van der Waals surface area contributed by atoms with E-state index in [4.69, 9.17) is 28.4 Å². The van der Waals surface area contributed by atoms with Crippen molar-refractivity contribution in [2.45, 2.75) is 6.42 Å². The third-order valence-corrected chi connectivity index (χ3v) is 3.36. The standard InChI is InChI=1S/C18H21NO10/c20-15-12-16(21)27-9-5-25-7-11-29-18(23)14-3-1-2-13(19-14)17(22)28-10-6-24-4-8-26-15/h1-3H,4-12H2. The minimum atomic E-state index is -0.744. The smallest absolute Gasteiger partial charge is 0.357 e. The fraction of sp³-hybridized carbons (Fsp3) is 0.500. The molecule has 0 aromatic carbocycles. The van der Waals surface area contributed by atoms with Crippen molar-refractivity contribution in [3.8, 4) is 0 Å². The van der Waals surface area contributed by atoms with Crippen LogP contribution in [0.15, 0.2) is 18.2 Å². The third kappa shape index (κ3) is 8.66. The van der Waals surface area contributed by atoms with Crippen LogP contribution in [-0.4, -0.2) is 81.7 Å². The first-order valence-electron chi connectivity index (χ1n) is 8.84. The molecule has 0 aliphatic carbocycles. The fourth-order valence-corrected chi connectivity index (χ4v) is 2.05. The zero-order chi connectivity index (χ0) is 20.9. The number of cyclic esters (lactones) is 4. The van der Waals surface area contributed by atoms with Crippen LogP contribution >= 0.6 is 0 Å². The van der Waals surface area contributed by atoms with E-state index in [0.717, 1.165) is 0 Å². The molecule has 1 aliphatic heterocycles. The lowest BCUT2D eigenvalue weighted by Crippen LogP contribution is -2.20. The number of rotatable bonds is 0. The van der Waals surface area contributed by atoms with Crippen LogP contribution in [0.2, 0.25) is 0 Å². The summed E-state index contributed by atoms with van der Waals surface area (Å²) in [4.78, 5) is 50.8. The normalized spacial score (nSPS) is 18.9. The molecule has 1 aromatic rings. The molecule has 0 spiro atoms. The Morgan fingerprint density at radius 3 is 1.45 bits per heavy atom. The van der Waals surface area contributed by atoms with Crippen LogP contribution in [0, 0.1) is 0 Å². The van der Waals surface area contributed by atoms with Gasteiger partial charge in [0.25, 0.3) is 0 Å². The van der Waals surface area contributed by atoms with Crippen molar-refractivity contribution in [1.82, 2.24) is 4.98 Å². The lowest BCUT2D eigenvalue weighted by molar-refractivity contribution is -0.156. The van der Waals surface area contributed by atoms with Gasteiger partial charge in [-0.15, -0.1) is 0 Å². The van der Waals surface area contributed by atoms with Gasteiger partial charge >= 0.3 is 23.9 Å². The Labute approximate surface area is 166 Å². The Hall–Kier alpha value is -3.05. The van der Waals surface area contributed by atoms with Crippen LogP contribution in [0.1, 0.15) is 27.4 Å². The van der Waals surface area contributed by atoms with Gasteiger partial charge in [0.1, 0.15) is 44.2 Å². The summed E-state index contributed by atoms with van der Waals surface area (Å²) in [6.07, 6.45) is -0.528. The fourth-order valence-electron chi connectivity index (χ4n) is 2.05. The highest BCUT2D eigenvalue weighted by atomic mass is 16.6. The zero-order valence-corrected chi connectivity index (χ0v) is 15.6. The molecule has 2 bridgehead atoms. The van der Waals surface area contributed by atoms with Crippen molar-refractivity contribution < 1.29 is 47.6 Å². The lowest BCUT2D eigenvalue weighted by Gasteiger charge is -2.09. The number of carbonyl (C=O) groups excluding carboxylic acids is 4.